The fourth-order valence-electron chi connectivity index (χ4n) is 2.95. The molecule has 1 heterocycles. The fraction of sp³-hybridized carbons (Fsp3) is 0.556. The van der Waals surface area contributed by atoms with Crippen LogP contribution in [0.5, 0.6) is 0 Å². The highest BCUT2D eigenvalue weighted by molar-refractivity contribution is 5.87. The summed E-state index contributed by atoms with van der Waals surface area (Å²) >= 11 is 0. The molecule has 4 nitrogen and oxygen atoms in total. The largest absolute Gasteiger partial charge is 0.347 e. The average molecular weight is 320 g/mol. The Labute approximate surface area is 137 Å². The molecule has 23 heavy (non-hydrogen) atoms. The van der Waals surface area contributed by atoms with E-state index in [9.17, 15) is 14.0 Å². The molecule has 1 saturated heterocycles. The van der Waals surface area contributed by atoms with Gasteiger partial charge in [0.15, 0.2) is 0 Å². The lowest BCUT2D eigenvalue weighted by Crippen LogP contribution is -2.43. The van der Waals surface area contributed by atoms with Crippen molar-refractivity contribution in [3.05, 3.63) is 35.6 Å². The van der Waals surface area contributed by atoms with Crippen LogP contribution in [0.15, 0.2) is 24.3 Å². The monoisotopic (exact) mass is 320 g/mol. The van der Waals surface area contributed by atoms with Gasteiger partial charge in [0, 0.05) is 12.0 Å². The van der Waals surface area contributed by atoms with Gasteiger partial charge in [-0.05, 0) is 30.0 Å². The summed E-state index contributed by atoms with van der Waals surface area (Å²) in [7, 11) is 0. The van der Waals surface area contributed by atoms with Gasteiger partial charge in [0.25, 0.3) is 0 Å². The van der Waals surface area contributed by atoms with Crippen molar-refractivity contribution in [1.82, 2.24) is 10.2 Å². The van der Waals surface area contributed by atoms with Gasteiger partial charge in [-0.2, -0.15) is 0 Å². The molecule has 1 aromatic rings. The number of benzene rings is 1. The summed E-state index contributed by atoms with van der Waals surface area (Å²) in [6, 6.07) is 6.27. The number of carbonyl (C=O) groups is 2. The molecular formula is C18H25FN2O2. The van der Waals surface area contributed by atoms with Crippen LogP contribution in [0.4, 0.5) is 4.39 Å². The summed E-state index contributed by atoms with van der Waals surface area (Å²) < 4.78 is 13.5. The van der Waals surface area contributed by atoms with Gasteiger partial charge in [-0.3, -0.25) is 9.59 Å². The van der Waals surface area contributed by atoms with Gasteiger partial charge in [0.1, 0.15) is 5.82 Å². The summed E-state index contributed by atoms with van der Waals surface area (Å²) in [5.74, 6) is -0.310. The van der Waals surface area contributed by atoms with Crippen LogP contribution in [0.3, 0.4) is 0 Å². The highest BCUT2D eigenvalue weighted by Crippen LogP contribution is 2.37. The fourth-order valence-corrected chi connectivity index (χ4v) is 2.95. The summed E-state index contributed by atoms with van der Waals surface area (Å²) in [6.07, 6.45) is 0.875. The van der Waals surface area contributed by atoms with E-state index in [0.717, 1.165) is 12.0 Å². The van der Waals surface area contributed by atoms with Crippen LogP contribution in [0.25, 0.3) is 0 Å². The third-order valence-electron chi connectivity index (χ3n) is 4.29. The molecule has 1 fully saturated rings. The zero-order valence-corrected chi connectivity index (χ0v) is 14.2. The predicted molar refractivity (Wildman–Crippen MR) is 87.1 cm³/mol. The second-order valence-electron chi connectivity index (χ2n) is 7.29. The first-order chi connectivity index (χ1) is 10.7. The first kappa shape index (κ1) is 17.4. The number of amides is 2. The Kier molecular flexibility index (Phi) is 5.07. The molecule has 5 heteroatoms. The maximum atomic E-state index is 13.5. The van der Waals surface area contributed by atoms with E-state index < -0.39 is 5.41 Å². The molecule has 1 aliphatic rings. The first-order valence-electron chi connectivity index (χ1n) is 8.03. The Bertz CT molecular complexity index is 595. The molecule has 0 bridgehead atoms. The number of carbonyl (C=O) groups excluding carboxylic acids is 2. The van der Waals surface area contributed by atoms with Crippen LogP contribution in [0.2, 0.25) is 0 Å². The van der Waals surface area contributed by atoms with E-state index in [1.807, 2.05) is 6.07 Å². The van der Waals surface area contributed by atoms with Crippen molar-refractivity contribution in [2.24, 2.45) is 11.3 Å². The molecular weight excluding hydrogens is 295 g/mol. The number of hydrogen-bond donors (Lipinski definition) is 1. The molecule has 0 unspecified atom stereocenters. The van der Waals surface area contributed by atoms with Gasteiger partial charge in [-0.15, -0.1) is 0 Å². The van der Waals surface area contributed by atoms with Crippen LogP contribution in [0, 0.1) is 17.2 Å². The van der Waals surface area contributed by atoms with E-state index in [4.69, 9.17) is 0 Å². The number of halogens is 1. The Morgan fingerprint density at radius 1 is 1.35 bits per heavy atom. The number of likely N-dealkylation sites (tertiary alicyclic amines) is 1. The molecule has 126 valence electrons. The summed E-state index contributed by atoms with van der Waals surface area (Å²) in [4.78, 5) is 26.2. The molecule has 0 aromatic heterocycles. The quantitative estimate of drug-likeness (QED) is 0.931. The highest BCUT2D eigenvalue weighted by atomic mass is 19.1. The molecule has 2 amide bonds. The lowest BCUT2D eigenvalue weighted by Gasteiger charge is -2.28. The smallest absolute Gasteiger partial charge is 0.242 e. The maximum absolute atomic E-state index is 13.5. The summed E-state index contributed by atoms with van der Waals surface area (Å²) in [5, 5.41) is 2.69. The van der Waals surface area contributed by atoms with Gasteiger partial charge in [0.2, 0.25) is 11.8 Å². The third-order valence-corrected chi connectivity index (χ3v) is 4.29. The van der Waals surface area contributed by atoms with E-state index in [1.165, 1.54) is 12.1 Å². The van der Waals surface area contributed by atoms with Crippen LogP contribution < -0.4 is 5.32 Å². The number of hydrogen-bond acceptors (Lipinski definition) is 2. The minimum Gasteiger partial charge on any atom is -0.347 e. The Morgan fingerprint density at radius 2 is 2.04 bits per heavy atom. The van der Waals surface area contributed by atoms with Crippen molar-refractivity contribution >= 4 is 11.8 Å². The SMILES string of the molecule is C[C@@H]1CCN(C(=O)CNC(=O)C(C)(C)C)[C@H]1c1cccc(F)c1. The topological polar surface area (TPSA) is 49.4 Å². The normalized spacial score (nSPS) is 21.3. The van der Waals surface area contributed by atoms with Gasteiger partial charge in [-0.25, -0.2) is 4.39 Å². The zero-order valence-electron chi connectivity index (χ0n) is 14.2. The van der Waals surface area contributed by atoms with Crippen molar-refractivity contribution in [2.75, 3.05) is 13.1 Å². The van der Waals surface area contributed by atoms with E-state index >= 15 is 0 Å². The second kappa shape index (κ2) is 6.69. The van der Waals surface area contributed by atoms with Crippen LogP contribution in [-0.4, -0.2) is 29.8 Å². The minimum absolute atomic E-state index is 0.0192. The van der Waals surface area contributed by atoms with Crippen LogP contribution in [-0.2, 0) is 9.59 Å². The Hall–Kier alpha value is -1.91. The molecule has 2 rings (SSSR count). The lowest BCUT2D eigenvalue weighted by atomic mass is 9.95. The van der Waals surface area contributed by atoms with Crippen molar-refractivity contribution in [3.8, 4) is 0 Å². The Balaban J connectivity index is 2.08. The van der Waals surface area contributed by atoms with Crippen molar-refractivity contribution < 1.29 is 14.0 Å². The second-order valence-corrected chi connectivity index (χ2v) is 7.29. The predicted octanol–water partition coefficient (Wildman–Crippen LogP) is 2.90. The van der Waals surface area contributed by atoms with Gasteiger partial charge >= 0.3 is 0 Å². The van der Waals surface area contributed by atoms with Crippen molar-refractivity contribution in [3.63, 3.8) is 0 Å². The van der Waals surface area contributed by atoms with Crippen molar-refractivity contribution in [2.45, 2.75) is 40.2 Å². The number of nitrogens with one attached hydrogen (secondary N) is 1. The molecule has 1 aliphatic heterocycles. The standard InChI is InChI=1S/C18H25FN2O2/c1-12-8-9-21(15(22)11-20-17(23)18(2,3)4)16(12)13-6-5-7-14(19)10-13/h5-7,10,12,16H,8-9,11H2,1-4H3,(H,20,23)/t12-,16-/m1/s1. The maximum Gasteiger partial charge on any atom is 0.242 e. The van der Waals surface area contributed by atoms with Crippen LogP contribution in [0.1, 0.15) is 45.7 Å². The molecule has 1 aromatic carbocycles. The first-order valence-corrected chi connectivity index (χ1v) is 8.03. The minimum atomic E-state index is -0.527. The number of rotatable bonds is 3. The molecule has 0 radical (unpaired) electrons. The van der Waals surface area contributed by atoms with Crippen LogP contribution >= 0.6 is 0 Å². The molecule has 0 spiro atoms. The summed E-state index contributed by atoms with van der Waals surface area (Å²) in [5.41, 5.74) is 0.283. The Morgan fingerprint density at radius 3 is 2.65 bits per heavy atom. The number of nitrogens with zero attached hydrogens (tertiary/aromatic N) is 1. The highest BCUT2D eigenvalue weighted by Gasteiger charge is 2.35. The molecule has 2 atom stereocenters. The van der Waals surface area contributed by atoms with Gasteiger partial charge in [-0.1, -0.05) is 39.8 Å². The van der Waals surface area contributed by atoms with Gasteiger partial charge in [0.05, 0.1) is 12.6 Å². The van der Waals surface area contributed by atoms with E-state index in [1.54, 1.807) is 31.7 Å². The van der Waals surface area contributed by atoms with Gasteiger partial charge < -0.3 is 10.2 Å². The molecule has 0 aliphatic carbocycles. The van der Waals surface area contributed by atoms with E-state index in [2.05, 4.69) is 12.2 Å². The van der Waals surface area contributed by atoms with E-state index in [-0.39, 0.29) is 36.1 Å². The molecule has 0 saturated carbocycles. The van der Waals surface area contributed by atoms with E-state index in [0.29, 0.717) is 6.54 Å². The summed E-state index contributed by atoms with van der Waals surface area (Å²) in [6.45, 7) is 8.10. The van der Waals surface area contributed by atoms with Crippen molar-refractivity contribution in [1.29, 1.82) is 0 Å². The molecule has 1 N–H and O–H groups in total. The zero-order chi connectivity index (χ0) is 17.2. The third kappa shape index (κ3) is 4.09. The lowest BCUT2D eigenvalue weighted by molar-refractivity contribution is -0.136. The average Bonchev–Trinajstić information content (AvgIpc) is 2.85.